The highest BCUT2D eigenvalue weighted by Crippen LogP contribution is 2.35. The zero-order valence-electron chi connectivity index (χ0n) is 12.7. The van der Waals surface area contributed by atoms with Crippen LogP contribution in [0.5, 0.6) is 0 Å². The lowest BCUT2D eigenvalue weighted by Gasteiger charge is -2.33. The molecule has 0 aliphatic heterocycles. The van der Waals surface area contributed by atoms with Gasteiger partial charge in [-0.1, -0.05) is 27.2 Å². The fourth-order valence-electron chi connectivity index (χ4n) is 4.02. The van der Waals surface area contributed by atoms with Gasteiger partial charge in [0.2, 0.25) is 5.91 Å². The number of carbonyl (C=O) groups excluding carboxylic acids is 1. The number of rotatable bonds is 3. The normalized spacial score (nSPS) is 43.2. The maximum atomic E-state index is 12.5. The minimum absolute atomic E-state index is 0.0385. The first kappa shape index (κ1) is 14.8. The summed E-state index contributed by atoms with van der Waals surface area (Å²) in [5, 5.41) is 3.29. The number of amides is 1. The minimum atomic E-state index is 0.0385. The molecule has 6 unspecified atom stereocenters. The number of nitrogens with one attached hydrogen (secondary N) is 1. The monoisotopic (exact) mass is 266 g/mol. The van der Waals surface area contributed by atoms with E-state index in [1.165, 1.54) is 19.3 Å². The van der Waals surface area contributed by atoms with Crippen LogP contribution in [0.3, 0.4) is 0 Å². The predicted octanol–water partition coefficient (Wildman–Crippen LogP) is 2.69. The zero-order valence-corrected chi connectivity index (χ0v) is 12.7. The predicted molar refractivity (Wildman–Crippen MR) is 78.6 cm³/mol. The van der Waals surface area contributed by atoms with E-state index in [0.717, 1.165) is 25.2 Å². The molecule has 0 saturated heterocycles. The van der Waals surface area contributed by atoms with Crippen molar-refractivity contribution in [2.45, 2.75) is 71.4 Å². The first-order valence-electron chi connectivity index (χ1n) is 8.08. The molecule has 3 nitrogen and oxygen atoms in total. The lowest BCUT2D eigenvalue weighted by molar-refractivity contribution is -0.128. The van der Waals surface area contributed by atoms with E-state index >= 15 is 0 Å². The maximum Gasteiger partial charge on any atom is 0.224 e. The van der Waals surface area contributed by atoms with Crippen LogP contribution < -0.4 is 11.1 Å². The highest BCUT2D eigenvalue weighted by Gasteiger charge is 2.36. The van der Waals surface area contributed by atoms with Crippen LogP contribution in [-0.2, 0) is 4.79 Å². The van der Waals surface area contributed by atoms with Crippen molar-refractivity contribution < 1.29 is 4.79 Å². The number of carbonyl (C=O) groups is 1. The van der Waals surface area contributed by atoms with Gasteiger partial charge in [-0.15, -0.1) is 0 Å². The molecule has 2 saturated carbocycles. The molecule has 0 spiro atoms. The van der Waals surface area contributed by atoms with E-state index in [4.69, 9.17) is 5.73 Å². The standard InChI is InChI=1S/C16H30N2O/c1-4-12-6-8-15(11(12)3)18-16(19)13-9-10(2)5-7-14(13)17/h10-15H,4-9,17H2,1-3H3,(H,18,19). The lowest BCUT2D eigenvalue weighted by atomic mass is 9.78. The van der Waals surface area contributed by atoms with Crippen molar-refractivity contribution in [3.63, 3.8) is 0 Å². The molecule has 0 bridgehead atoms. The van der Waals surface area contributed by atoms with Crippen molar-refractivity contribution in [2.75, 3.05) is 0 Å². The Morgan fingerprint density at radius 1 is 1.21 bits per heavy atom. The minimum Gasteiger partial charge on any atom is -0.353 e. The van der Waals surface area contributed by atoms with E-state index in [2.05, 4.69) is 26.1 Å². The molecular formula is C16H30N2O. The van der Waals surface area contributed by atoms with Gasteiger partial charge in [0.15, 0.2) is 0 Å². The van der Waals surface area contributed by atoms with Crippen molar-refractivity contribution in [3.8, 4) is 0 Å². The molecule has 1 amide bonds. The second-order valence-corrected chi connectivity index (χ2v) is 6.91. The van der Waals surface area contributed by atoms with Gasteiger partial charge in [-0.3, -0.25) is 4.79 Å². The van der Waals surface area contributed by atoms with Crippen LogP contribution in [-0.4, -0.2) is 18.0 Å². The molecule has 2 fully saturated rings. The quantitative estimate of drug-likeness (QED) is 0.825. The molecule has 2 aliphatic carbocycles. The molecule has 0 aromatic carbocycles. The van der Waals surface area contributed by atoms with Gasteiger partial charge in [0.1, 0.15) is 0 Å². The first-order valence-corrected chi connectivity index (χ1v) is 8.08. The van der Waals surface area contributed by atoms with Crippen molar-refractivity contribution in [2.24, 2.45) is 29.4 Å². The molecule has 0 aromatic rings. The Balaban J connectivity index is 1.90. The van der Waals surface area contributed by atoms with Gasteiger partial charge in [0.25, 0.3) is 0 Å². The van der Waals surface area contributed by atoms with Crippen molar-refractivity contribution >= 4 is 5.91 Å². The summed E-state index contributed by atoms with van der Waals surface area (Å²) in [5.74, 6) is 2.29. The molecular weight excluding hydrogens is 236 g/mol. The lowest BCUT2D eigenvalue weighted by Crippen LogP contribution is -2.48. The van der Waals surface area contributed by atoms with Crippen molar-refractivity contribution in [1.29, 1.82) is 0 Å². The van der Waals surface area contributed by atoms with E-state index in [1.807, 2.05) is 0 Å². The first-order chi connectivity index (χ1) is 9.02. The Morgan fingerprint density at radius 2 is 1.95 bits per heavy atom. The third kappa shape index (κ3) is 3.31. The summed E-state index contributed by atoms with van der Waals surface area (Å²) >= 11 is 0. The summed E-state index contributed by atoms with van der Waals surface area (Å²) in [5.41, 5.74) is 6.14. The molecule has 2 rings (SSSR count). The molecule has 110 valence electrons. The van der Waals surface area contributed by atoms with Crippen LogP contribution >= 0.6 is 0 Å². The SMILES string of the molecule is CCC1CCC(NC(=O)C2CC(C)CCC2N)C1C. The van der Waals surface area contributed by atoms with E-state index < -0.39 is 0 Å². The van der Waals surface area contributed by atoms with Crippen LogP contribution in [0.2, 0.25) is 0 Å². The van der Waals surface area contributed by atoms with Crippen LogP contribution in [0, 0.1) is 23.7 Å². The molecule has 3 heteroatoms. The zero-order chi connectivity index (χ0) is 14.0. The van der Waals surface area contributed by atoms with Gasteiger partial charge in [-0.2, -0.15) is 0 Å². The van der Waals surface area contributed by atoms with E-state index in [9.17, 15) is 4.79 Å². The van der Waals surface area contributed by atoms with Crippen molar-refractivity contribution in [1.82, 2.24) is 5.32 Å². The number of nitrogens with two attached hydrogens (primary N) is 1. The molecule has 0 radical (unpaired) electrons. The Morgan fingerprint density at radius 3 is 2.58 bits per heavy atom. The second kappa shape index (κ2) is 6.25. The largest absolute Gasteiger partial charge is 0.353 e. The second-order valence-electron chi connectivity index (χ2n) is 6.91. The van der Waals surface area contributed by atoms with Crippen LogP contribution in [0.4, 0.5) is 0 Å². The number of hydrogen-bond donors (Lipinski definition) is 2. The fraction of sp³-hybridized carbons (Fsp3) is 0.938. The third-order valence-corrected chi connectivity index (χ3v) is 5.58. The van der Waals surface area contributed by atoms with Gasteiger partial charge in [-0.05, 0) is 49.9 Å². The molecule has 0 heterocycles. The summed E-state index contributed by atoms with van der Waals surface area (Å²) in [7, 11) is 0. The average Bonchev–Trinajstić information content (AvgIpc) is 2.73. The van der Waals surface area contributed by atoms with Crippen LogP contribution in [0.25, 0.3) is 0 Å². The smallest absolute Gasteiger partial charge is 0.224 e. The van der Waals surface area contributed by atoms with Gasteiger partial charge < -0.3 is 11.1 Å². The summed E-state index contributed by atoms with van der Waals surface area (Å²) in [6.45, 7) is 6.77. The van der Waals surface area contributed by atoms with E-state index in [0.29, 0.717) is 17.9 Å². The maximum absolute atomic E-state index is 12.5. The number of hydrogen-bond acceptors (Lipinski definition) is 2. The van der Waals surface area contributed by atoms with Gasteiger partial charge in [0.05, 0.1) is 5.92 Å². The van der Waals surface area contributed by atoms with Crippen LogP contribution in [0.1, 0.15) is 59.3 Å². The Hall–Kier alpha value is -0.570. The van der Waals surface area contributed by atoms with Gasteiger partial charge >= 0.3 is 0 Å². The summed E-state index contributed by atoms with van der Waals surface area (Å²) < 4.78 is 0. The molecule has 2 aliphatic rings. The Kier molecular flexibility index (Phi) is 4.88. The van der Waals surface area contributed by atoms with E-state index in [-0.39, 0.29) is 17.9 Å². The van der Waals surface area contributed by atoms with E-state index in [1.54, 1.807) is 0 Å². The highest BCUT2D eigenvalue weighted by molar-refractivity contribution is 5.79. The summed E-state index contributed by atoms with van der Waals surface area (Å²) in [6, 6.07) is 0.441. The van der Waals surface area contributed by atoms with Gasteiger partial charge in [0, 0.05) is 12.1 Å². The Bertz CT molecular complexity index is 318. The molecule has 3 N–H and O–H groups in total. The topological polar surface area (TPSA) is 55.1 Å². The molecule has 19 heavy (non-hydrogen) atoms. The Labute approximate surface area is 117 Å². The third-order valence-electron chi connectivity index (χ3n) is 5.58. The average molecular weight is 266 g/mol. The highest BCUT2D eigenvalue weighted by atomic mass is 16.2. The summed E-state index contributed by atoms with van der Waals surface area (Å²) in [6.07, 6.45) is 6.76. The summed E-state index contributed by atoms with van der Waals surface area (Å²) in [4.78, 5) is 12.5. The fourth-order valence-corrected chi connectivity index (χ4v) is 4.02. The van der Waals surface area contributed by atoms with Gasteiger partial charge in [-0.25, -0.2) is 0 Å². The molecule has 0 aromatic heterocycles. The molecule has 6 atom stereocenters. The van der Waals surface area contributed by atoms with Crippen LogP contribution in [0.15, 0.2) is 0 Å². The van der Waals surface area contributed by atoms with Crippen molar-refractivity contribution in [3.05, 3.63) is 0 Å².